The highest BCUT2D eigenvalue weighted by Crippen LogP contribution is 2.17. The Balaban J connectivity index is 2.59. The van der Waals surface area contributed by atoms with Gasteiger partial charge in [0.25, 0.3) is 0 Å². The number of sulfone groups is 1. The van der Waals surface area contributed by atoms with E-state index in [1.54, 1.807) is 20.0 Å². The van der Waals surface area contributed by atoms with Crippen LogP contribution >= 0.6 is 11.3 Å². The molecule has 0 spiro atoms. The van der Waals surface area contributed by atoms with Gasteiger partial charge in [0.1, 0.15) is 10.8 Å². The topological polar surface area (TPSA) is 59.1 Å². The Kier molecular flexibility index (Phi) is 5.75. The third-order valence-electron chi connectivity index (χ3n) is 2.88. The average molecular weight is 290 g/mol. The van der Waals surface area contributed by atoms with Crippen LogP contribution in [0.1, 0.15) is 44.0 Å². The second-order valence-electron chi connectivity index (χ2n) is 4.77. The summed E-state index contributed by atoms with van der Waals surface area (Å²) in [5.74, 6) is 0.0542. The molecule has 0 fully saturated rings. The molecule has 0 bridgehead atoms. The van der Waals surface area contributed by atoms with E-state index in [0.717, 1.165) is 17.8 Å². The first-order valence-electron chi connectivity index (χ1n) is 6.23. The van der Waals surface area contributed by atoms with Crippen LogP contribution in [0.4, 0.5) is 0 Å². The molecule has 6 heteroatoms. The van der Waals surface area contributed by atoms with Gasteiger partial charge in [-0.3, -0.25) is 0 Å². The van der Waals surface area contributed by atoms with E-state index < -0.39 is 9.84 Å². The Bertz CT molecular complexity index is 466. The molecule has 104 valence electrons. The molecular weight excluding hydrogens is 268 g/mol. The highest BCUT2D eigenvalue weighted by atomic mass is 32.2. The van der Waals surface area contributed by atoms with Crippen LogP contribution in [0.5, 0.6) is 0 Å². The fourth-order valence-corrected chi connectivity index (χ4v) is 3.40. The molecule has 0 aliphatic heterocycles. The normalized spacial score (nSPS) is 14.1. The van der Waals surface area contributed by atoms with Crippen molar-refractivity contribution in [1.82, 2.24) is 10.3 Å². The van der Waals surface area contributed by atoms with Crippen molar-refractivity contribution in [2.45, 2.75) is 57.7 Å². The summed E-state index contributed by atoms with van der Waals surface area (Å²) in [4.78, 5) is 5.27. The number of hydrogen-bond acceptors (Lipinski definition) is 5. The lowest BCUT2D eigenvalue weighted by atomic mass is 10.2. The minimum absolute atomic E-state index is 0.0542. The minimum atomic E-state index is -3.05. The van der Waals surface area contributed by atoms with Gasteiger partial charge in [-0.15, -0.1) is 11.3 Å². The summed E-state index contributed by atoms with van der Waals surface area (Å²) in [6, 6.07) is 0.468. The van der Waals surface area contributed by atoms with Gasteiger partial charge in [0.05, 0.1) is 5.25 Å². The fourth-order valence-electron chi connectivity index (χ4n) is 1.25. The van der Waals surface area contributed by atoms with Gasteiger partial charge in [-0.2, -0.15) is 0 Å². The zero-order valence-corrected chi connectivity index (χ0v) is 13.1. The number of aromatic nitrogens is 1. The molecule has 0 amide bonds. The maximum Gasteiger partial charge on any atom is 0.159 e. The van der Waals surface area contributed by atoms with Crippen LogP contribution in [0.2, 0.25) is 0 Å². The van der Waals surface area contributed by atoms with Crippen molar-refractivity contribution >= 4 is 21.2 Å². The third-order valence-corrected chi connectivity index (χ3v) is 6.17. The van der Waals surface area contributed by atoms with Gasteiger partial charge < -0.3 is 5.32 Å². The molecule has 18 heavy (non-hydrogen) atoms. The fraction of sp³-hybridized carbons (Fsp3) is 0.750. The monoisotopic (exact) mass is 290 g/mol. The van der Waals surface area contributed by atoms with Crippen LogP contribution < -0.4 is 5.32 Å². The molecule has 1 heterocycles. The van der Waals surface area contributed by atoms with Crippen molar-refractivity contribution in [3.8, 4) is 0 Å². The third kappa shape index (κ3) is 4.66. The SMILES string of the molecule is CCC(C)NCc1cnc(CS(=O)(=O)C(C)C)s1. The Morgan fingerprint density at radius 2 is 2.06 bits per heavy atom. The number of nitrogens with zero attached hydrogens (tertiary/aromatic N) is 1. The zero-order chi connectivity index (χ0) is 13.8. The maximum atomic E-state index is 11.8. The van der Waals surface area contributed by atoms with E-state index in [4.69, 9.17) is 0 Å². The first kappa shape index (κ1) is 15.6. The van der Waals surface area contributed by atoms with Crippen molar-refractivity contribution in [2.24, 2.45) is 0 Å². The highest BCUT2D eigenvalue weighted by molar-refractivity contribution is 7.91. The van der Waals surface area contributed by atoms with E-state index >= 15 is 0 Å². The summed E-state index contributed by atoms with van der Waals surface area (Å²) in [6.45, 7) is 8.42. The molecule has 0 aliphatic rings. The lowest BCUT2D eigenvalue weighted by Gasteiger charge is -2.09. The van der Waals surface area contributed by atoms with Crippen molar-refractivity contribution in [3.05, 3.63) is 16.1 Å². The number of thiazole rings is 1. The summed E-state index contributed by atoms with van der Waals surface area (Å²) >= 11 is 1.48. The summed E-state index contributed by atoms with van der Waals surface area (Å²) in [5, 5.41) is 3.71. The molecule has 1 atom stereocenters. The molecule has 4 nitrogen and oxygen atoms in total. The van der Waals surface area contributed by atoms with Crippen LogP contribution in [0.3, 0.4) is 0 Å². The van der Waals surface area contributed by atoms with Crippen molar-refractivity contribution < 1.29 is 8.42 Å². The van der Waals surface area contributed by atoms with Crippen LogP contribution in [0.15, 0.2) is 6.20 Å². The minimum Gasteiger partial charge on any atom is -0.309 e. The first-order chi connectivity index (χ1) is 8.35. The molecule has 0 saturated carbocycles. The molecule has 0 aliphatic carbocycles. The van der Waals surface area contributed by atoms with Gasteiger partial charge in [0.15, 0.2) is 9.84 Å². The largest absolute Gasteiger partial charge is 0.309 e. The summed E-state index contributed by atoms with van der Waals surface area (Å²) in [6.07, 6.45) is 2.85. The van der Waals surface area contributed by atoms with Gasteiger partial charge in [-0.25, -0.2) is 13.4 Å². The van der Waals surface area contributed by atoms with E-state index in [1.165, 1.54) is 11.3 Å². The van der Waals surface area contributed by atoms with Gasteiger partial charge in [0.2, 0.25) is 0 Å². The maximum absolute atomic E-state index is 11.8. The number of nitrogens with one attached hydrogen (secondary N) is 1. The van der Waals surface area contributed by atoms with Gasteiger partial charge in [-0.05, 0) is 27.2 Å². The van der Waals surface area contributed by atoms with Crippen LogP contribution in [0, 0.1) is 0 Å². The van der Waals surface area contributed by atoms with Crippen molar-refractivity contribution in [1.29, 1.82) is 0 Å². The molecule has 1 aromatic rings. The first-order valence-corrected chi connectivity index (χ1v) is 8.77. The Labute approximate surface area is 114 Å². The molecule has 0 saturated heterocycles. The quantitative estimate of drug-likeness (QED) is 0.837. The van der Waals surface area contributed by atoms with Crippen LogP contribution in [-0.2, 0) is 22.1 Å². The summed E-state index contributed by atoms with van der Waals surface area (Å²) in [7, 11) is -3.05. The van der Waals surface area contributed by atoms with Gasteiger partial charge in [0, 0.05) is 23.7 Å². The molecule has 1 unspecified atom stereocenters. The summed E-state index contributed by atoms with van der Waals surface area (Å²) in [5.41, 5.74) is 0. The van der Waals surface area contributed by atoms with Crippen LogP contribution in [-0.4, -0.2) is 24.7 Å². The molecular formula is C12H22N2O2S2. The Hall–Kier alpha value is -0.460. The lowest BCUT2D eigenvalue weighted by Crippen LogP contribution is -2.23. The standard InChI is InChI=1S/C12H22N2O2S2/c1-5-10(4)13-6-11-7-14-12(17-11)8-18(15,16)9(2)3/h7,9-10,13H,5-6,8H2,1-4H3. The number of rotatable bonds is 7. The predicted octanol–water partition coefficient (Wildman–Crippen LogP) is 2.35. The van der Waals surface area contributed by atoms with Gasteiger partial charge >= 0.3 is 0 Å². The van der Waals surface area contributed by atoms with Crippen molar-refractivity contribution in [2.75, 3.05) is 0 Å². The second kappa shape index (κ2) is 6.63. The molecule has 1 aromatic heterocycles. The van der Waals surface area contributed by atoms with Crippen molar-refractivity contribution in [3.63, 3.8) is 0 Å². The Morgan fingerprint density at radius 1 is 1.39 bits per heavy atom. The predicted molar refractivity (Wildman–Crippen MR) is 76.5 cm³/mol. The van der Waals surface area contributed by atoms with Crippen LogP contribution in [0.25, 0.3) is 0 Å². The molecule has 0 aromatic carbocycles. The van der Waals surface area contributed by atoms with Gasteiger partial charge in [-0.1, -0.05) is 6.92 Å². The van der Waals surface area contributed by atoms with E-state index in [0.29, 0.717) is 11.0 Å². The average Bonchev–Trinajstić information content (AvgIpc) is 2.72. The highest BCUT2D eigenvalue weighted by Gasteiger charge is 2.18. The van der Waals surface area contributed by atoms with E-state index in [1.807, 2.05) is 0 Å². The van der Waals surface area contributed by atoms with E-state index in [9.17, 15) is 8.42 Å². The molecule has 0 radical (unpaired) electrons. The second-order valence-corrected chi connectivity index (χ2v) is 8.52. The smallest absolute Gasteiger partial charge is 0.159 e. The summed E-state index contributed by atoms with van der Waals surface area (Å²) < 4.78 is 23.5. The Morgan fingerprint density at radius 3 is 2.61 bits per heavy atom. The zero-order valence-electron chi connectivity index (χ0n) is 11.4. The lowest BCUT2D eigenvalue weighted by molar-refractivity contribution is 0.537. The molecule has 1 rings (SSSR count). The van der Waals surface area contributed by atoms with E-state index in [-0.39, 0.29) is 11.0 Å². The number of hydrogen-bond donors (Lipinski definition) is 1. The van der Waals surface area contributed by atoms with E-state index in [2.05, 4.69) is 24.1 Å². The molecule has 1 N–H and O–H groups in total.